The van der Waals surface area contributed by atoms with E-state index in [-0.39, 0.29) is 17.9 Å². The molecule has 0 saturated carbocycles. The van der Waals surface area contributed by atoms with Gasteiger partial charge in [-0.05, 0) is 37.1 Å². The van der Waals surface area contributed by atoms with Crippen LogP contribution < -0.4 is 5.73 Å². The second kappa shape index (κ2) is 9.17. The summed E-state index contributed by atoms with van der Waals surface area (Å²) < 4.78 is 5.18. The van der Waals surface area contributed by atoms with Crippen molar-refractivity contribution in [3.63, 3.8) is 0 Å². The lowest BCUT2D eigenvalue weighted by Gasteiger charge is -2.34. The van der Waals surface area contributed by atoms with Crippen LogP contribution in [-0.2, 0) is 4.74 Å². The van der Waals surface area contributed by atoms with Crippen LogP contribution in [0.4, 0.5) is 10.7 Å². The summed E-state index contributed by atoms with van der Waals surface area (Å²) in [6, 6.07) is 7.53. The molecular weight excluding hydrogens is 408 g/mol. The Balaban J connectivity index is 1.52. The number of carbonyl (C=O) groups is 2. The first-order chi connectivity index (χ1) is 15.5. The molecule has 1 aliphatic heterocycles. The third kappa shape index (κ3) is 4.46. The van der Waals surface area contributed by atoms with Crippen LogP contribution in [0.3, 0.4) is 0 Å². The topological polar surface area (TPSA) is 115 Å². The first kappa shape index (κ1) is 21.5. The first-order valence-electron chi connectivity index (χ1n) is 10.7. The number of anilines is 1. The van der Waals surface area contributed by atoms with Crippen LogP contribution in [0.2, 0.25) is 0 Å². The number of benzene rings is 1. The van der Waals surface area contributed by atoms with Gasteiger partial charge in [0.15, 0.2) is 0 Å². The average molecular weight is 435 g/mol. The Morgan fingerprint density at radius 3 is 2.44 bits per heavy atom. The molecule has 0 spiro atoms. The second-order valence-electron chi connectivity index (χ2n) is 7.78. The van der Waals surface area contributed by atoms with Gasteiger partial charge in [-0.2, -0.15) is 0 Å². The number of carbonyl (C=O) groups excluding carboxylic acids is 2. The molecule has 2 amide bonds. The number of amides is 2. The summed E-state index contributed by atoms with van der Waals surface area (Å²) in [5, 5.41) is 0.977. The van der Waals surface area contributed by atoms with Gasteiger partial charge in [-0.25, -0.2) is 19.7 Å². The number of hydrogen-bond acceptors (Lipinski definition) is 7. The van der Waals surface area contributed by atoms with E-state index in [1.165, 1.54) is 0 Å². The zero-order valence-corrected chi connectivity index (χ0v) is 18.2. The van der Waals surface area contributed by atoms with E-state index in [2.05, 4.69) is 9.97 Å². The van der Waals surface area contributed by atoms with Crippen molar-refractivity contribution in [1.29, 1.82) is 0 Å². The van der Waals surface area contributed by atoms with E-state index in [1.54, 1.807) is 22.2 Å². The summed E-state index contributed by atoms with van der Waals surface area (Å²) in [5.41, 5.74) is 9.39. The number of nitrogen functional groups attached to an aromatic ring is 1. The molecule has 0 atom stereocenters. The number of piperazine rings is 1. The predicted molar refractivity (Wildman–Crippen MR) is 121 cm³/mol. The van der Waals surface area contributed by atoms with Crippen LogP contribution in [0.15, 0.2) is 36.7 Å². The Morgan fingerprint density at radius 2 is 1.75 bits per heavy atom. The SMILES string of the molecule is CCCOC(=O)N1CCN(C(=O)c2ccc3c(C)cc(-c4cnc(N)nc4)nc3c2)CC1. The Bertz CT molecular complexity index is 1140. The van der Waals surface area contributed by atoms with Gasteiger partial charge in [0, 0.05) is 55.1 Å². The highest BCUT2D eigenvalue weighted by Crippen LogP contribution is 2.25. The van der Waals surface area contributed by atoms with Crippen LogP contribution >= 0.6 is 0 Å². The number of ether oxygens (including phenoxy) is 1. The summed E-state index contributed by atoms with van der Waals surface area (Å²) in [6.45, 7) is 6.22. The Morgan fingerprint density at radius 1 is 1.06 bits per heavy atom. The van der Waals surface area contributed by atoms with Gasteiger partial charge < -0.3 is 20.3 Å². The van der Waals surface area contributed by atoms with Crippen molar-refractivity contribution in [3.8, 4) is 11.3 Å². The molecule has 166 valence electrons. The zero-order chi connectivity index (χ0) is 22.7. The van der Waals surface area contributed by atoms with E-state index in [0.717, 1.165) is 34.1 Å². The number of hydrogen-bond donors (Lipinski definition) is 1. The lowest BCUT2D eigenvalue weighted by Crippen LogP contribution is -2.50. The summed E-state index contributed by atoms with van der Waals surface area (Å²) in [4.78, 5) is 41.3. The van der Waals surface area contributed by atoms with Crippen molar-refractivity contribution in [1.82, 2.24) is 24.8 Å². The maximum Gasteiger partial charge on any atom is 0.409 e. The van der Waals surface area contributed by atoms with Crippen LogP contribution in [0.5, 0.6) is 0 Å². The van der Waals surface area contributed by atoms with Crippen molar-refractivity contribution in [2.24, 2.45) is 0 Å². The minimum Gasteiger partial charge on any atom is -0.449 e. The first-order valence-corrected chi connectivity index (χ1v) is 10.7. The highest BCUT2D eigenvalue weighted by molar-refractivity contribution is 5.98. The van der Waals surface area contributed by atoms with Crippen molar-refractivity contribution in [2.45, 2.75) is 20.3 Å². The van der Waals surface area contributed by atoms with Crippen LogP contribution in [0.1, 0.15) is 29.3 Å². The summed E-state index contributed by atoms with van der Waals surface area (Å²) >= 11 is 0. The maximum absolute atomic E-state index is 13.1. The largest absolute Gasteiger partial charge is 0.449 e. The average Bonchev–Trinajstić information content (AvgIpc) is 2.82. The molecule has 32 heavy (non-hydrogen) atoms. The van der Waals surface area contributed by atoms with Gasteiger partial charge in [0.25, 0.3) is 5.91 Å². The zero-order valence-electron chi connectivity index (χ0n) is 18.2. The van der Waals surface area contributed by atoms with Crippen LogP contribution in [0, 0.1) is 6.92 Å². The third-order valence-corrected chi connectivity index (χ3v) is 5.49. The number of rotatable bonds is 4. The van der Waals surface area contributed by atoms with Gasteiger partial charge >= 0.3 is 6.09 Å². The molecule has 1 fully saturated rings. The smallest absolute Gasteiger partial charge is 0.409 e. The Hall–Kier alpha value is -3.75. The highest BCUT2D eigenvalue weighted by Gasteiger charge is 2.25. The van der Waals surface area contributed by atoms with Gasteiger partial charge in [-0.15, -0.1) is 0 Å². The summed E-state index contributed by atoms with van der Waals surface area (Å²) in [7, 11) is 0. The molecule has 3 heterocycles. The molecule has 4 rings (SSSR count). The van der Waals surface area contributed by atoms with Crippen molar-refractivity contribution >= 4 is 28.9 Å². The molecule has 2 N–H and O–H groups in total. The van der Waals surface area contributed by atoms with E-state index in [0.29, 0.717) is 38.3 Å². The molecule has 0 aliphatic carbocycles. The monoisotopic (exact) mass is 434 g/mol. The molecule has 1 aliphatic rings. The van der Waals surface area contributed by atoms with E-state index >= 15 is 0 Å². The second-order valence-corrected chi connectivity index (χ2v) is 7.78. The van der Waals surface area contributed by atoms with E-state index < -0.39 is 0 Å². The molecule has 0 unspecified atom stereocenters. The lowest BCUT2D eigenvalue weighted by atomic mass is 10.0. The fraction of sp³-hybridized carbons (Fsp3) is 0.348. The van der Waals surface area contributed by atoms with Gasteiger partial charge in [0.2, 0.25) is 5.95 Å². The molecule has 9 heteroatoms. The third-order valence-electron chi connectivity index (χ3n) is 5.49. The number of nitrogens with zero attached hydrogens (tertiary/aromatic N) is 5. The normalized spacial score (nSPS) is 13.9. The van der Waals surface area contributed by atoms with Gasteiger partial charge in [-0.1, -0.05) is 13.0 Å². The van der Waals surface area contributed by atoms with E-state index in [9.17, 15) is 9.59 Å². The predicted octanol–water partition coefficient (Wildman–Crippen LogP) is 2.89. The van der Waals surface area contributed by atoms with Gasteiger partial charge in [0.05, 0.1) is 17.8 Å². The number of fused-ring (bicyclic) bond motifs is 1. The summed E-state index contributed by atoms with van der Waals surface area (Å²) in [5.74, 6) is 0.131. The Kier molecular flexibility index (Phi) is 6.16. The molecule has 1 aromatic carbocycles. The standard InChI is InChI=1S/C23H26N6O3/c1-3-10-32-23(31)29-8-6-28(7-9-29)21(30)16-4-5-18-15(2)11-19(27-20(18)12-16)17-13-25-22(24)26-14-17/h4-5,11-14H,3,6-10H2,1-2H3,(H2,24,25,26). The molecule has 2 aromatic heterocycles. The number of pyridine rings is 1. The van der Waals surface area contributed by atoms with Crippen molar-refractivity contribution in [3.05, 3.63) is 47.8 Å². The molecular formula is C23H26N6O3. The van der Waals surface area contributed by atoms with Crippen molar-refractivity contribution in [2.75, 3.05) is 38.5 Å². The van der Waals surface area contributed by atoms with E-state index in [1.807, 2.05) is 38.1 Å². The molecule has 0 bridgehead atoms. The molecule has 3 aromatic rings. The minimum absolute atomic E-state index is 0.0749. The maximum atomic E-state index is 13.1. The van der Waals surface area contributed by atoms with Gasteiger partial charge in [0.1, 0.15) is 0 Å². The highest BCUT2D eigenvalue weighted by atomic mass is 16.6. The fourth-order valence-electron chi connectivity index (χ4n) is 3.71. The van der Waals surface area contributed by atoms with Gasteiger partial charge in [-0.3, -0.25) is 4.79 Å². The molecule has 9 nitrogen and oxygen atoms in total. The quantitative estimate of drug-likeness (QED) is 0.671. The minimum atomic E-state index is -0.316. The molecule has 0 radical (unpaired) electrons. The number of aryl methyl sites for hydroxylation is 1. The summed E-state index contributed by atoms with van der Waals surface area (Å²) in [6.07, 6.45) is 3.74. The lowest BCUT2D eigenvalue weighted by molar-refractivity contribution is 0.0560. The molecule has 1 saturated heterocycles. The van der Waals surface area contributed by atoms with Crippen molar-refractivity contribution < 1.29 is 14.3 Å². The Labute approximate surface area is 186 Å². The fourth-order valence-corrected chi connectivity index (χ4v) is 3.71. The van der Waals surface area contributed by atoms with Crippen LogP contribution in [0.25, 0.3) is 22.2 Å². The number of aromatic nitrogens is 3. The van der Waals surface area contributed by atoms with E-state index in [4.69, 9.17) is 15.5 Å². The van der Waals surface area contributed by atoms with Crippen LogP contribution in [-0.4, -0.2) is 69.5 Å². The number of nitrogens with two attached hydrogens (primary N) is 1.